The number of hydrogen-bond donors (Lipinski definition) is 2. The van der Waals surface area contributed by atoms with Crippen molar-refractivity contribution in [2.24, 2.45) is 0 Å². The first kappa shape index (κ1) is 19.9. The zero-order valence-electron chi connectivity index (χ0n) is 16.5. The molecule has 1 fully saturated rings. The van der Waals surface area contributed by atoms with Gasteiger partial charge in [-0.3, -0.25) is 9.59 Å². The fourth-order valence-corrected chi connectivity index (χ4v) is 3.44. The minimum atomic E-state index is -0.651. The SMILES string of the molecule is Cc1cccc(OC(C)C(=O)Nc2cccc(C(=O)NC3CCCCC3)c2)c1. The van der Waals surface area contributed by atoms with Crippen LogP contribution < -0.4 is 15.4 Å². The van der Waals surface area contributed by atoms with Crippen LogP contribution in [0, 0.1) is 6.92 Å². The van der Waals surface area contributed by atoms with Crippen LogP contribution in [0.3, 0.4) is 0 Å². The summed E-state index contributed by atoms with van der Waals surface area (Å²) in [4.78, 5) is 25.0. The molecule has 0 heterocycles. The molecule has 5 nitrogen and oxygen atoms in total. The molecule has 2 amide bonds. The molecule has 0 aromatic heterocycles. The molecule has 1 atom stereocenters. The molecule has 148 valence electrons. The van der Waals surface area contributed by atoms with E-state index in [1.54, 1.807) is 31.2 Å². The molecule has 0 aliphatic heterocycles. The predicted octanol–water partition coefficient (Wildman–Crippen LogP) is 4.46. The van der Waals surface area contributed by atoms with Crippen molar-refractivity contribution in [3.05, 3.63) is 59.7 Å². The van der Waals surface area contributed by atoms with E-state index < -0.39 is 6.10 Å². The Hall–Kier alpha value is -2.82. The first-order valence-corrected chi connectivity index (χ1v) is 9.96. The van der Waals surface area contributed by atoms with Crippen LogP contribution in [0.1, 0.15) is 54.9 Å². The second kappa shape index (κ2) is 9.40. The predicted molar refractivity (Wildman–Crippen MR) is 111 cm³/mol. The van der Waals surface area contributed by atoms with Gasteiger partial charge in [-0.2, -0.15) is 0 Å². The zero-order valence-corrected chi connectivity index (χ0v) is 16.5. The van der Waals surface area contributed by atoms with E-state index >= 15 is 0 Å². The summed E-state index contributed by atoms with van der Waals surface area (Å²) < 4.78 is 5.72. The van der Waals surface area contributed by atoms with Gasteiger partial charge in [-0.25, -0.2) is 0 Å². The van der Waals surface area contributed by atoms with E-state index in [2.05, 4.69) is 10.6 Å². The lowest BCUT2D eigenvalue weighted by atomic mass is 9.95. The van der Waals surface area contributed by atoms with Crippen molar-refractivity contribution in [3.63, 3.8) is 0 Å². The normalized spacial score (nSPS) is 15.5. The third-order valence-corrected chi connectivity index (χ3v) is 5.00. The maximum Gasteiger partial charge on any atom is 0.265 e. The van der Waals surface area contributed by atoms with Crippen molar-refractivity contribution in [1.82, 2.24) is 5.32 Å². The molecule has 0 spiro atoms. The fourth-order valence-electron chi connectivity index (χ4n) is 3.44. The number of carbonyl (C=O) groups is 2. The molecule has 0 bridgehead atoms. The Kier molecular flexibility index (Phi) is 6.69. The van der Waals surface area contributed by atoms with Crippen LogP contribution in [0.4, 0.5) is 5.69 Å². The van der Waals surface area contributed by atoms with Crippen LogP contribution in [0.25, 0.3) is 0 Å². The van der Waals surface area contributed by atoms with Crippen LogP contribution in [0.5, 0.6) is 5.75 Å². The van der Waals surface area contributed by atoms with Gasteiger partial charge in [0.25, 0.3) is 11.8 Å². The molecule has 3 rings (SSSR count). The summed E-state index contributed by atoms with van der Waals surface area (Å²) in [5, 5.41) is 5.93. The summed E-state index contributed by atoms with van der Waals surface area (Å²) in [7, 11) is 0. The Morgan fingerprint density at radius 1 is 1.04 bits per heavy atom. The molecule has 5 heteroatoms. The Balaban J connectivity index is 1.58. The number of ether oxygens (including phenoxy) is 1. The van der Waals surface area contributed by atoms with E-state index in [1.165, 1.54) is 19.3 Å². The summed E-state index contributed by atoms with van der Waals surface area (Å²) >= 11 is 0. The highest BCUT2D eigenvalue weighted by molar-refractivity contribution is 5.98. The average molecular weight is 380 g/mol. The van der Waals surface area contributed by atoms with Crippen LogP contribution >= 0.6 is 0 Å². The summed E-state index contributed by atoms with van der Waals surface area (Å²) in [6.07, 6.45) is 5.00. The van der Waals surface area contributed by atoms with Gasteiger partial charge in [-0.05, 0) is 62.6 Å². The highest BCUT2D eigenvalue weighted by Gasteiger charge is 2.18. The van der Waals surface area contributed by atoms with Gasteiger partial charge >= 0.3 is 0 Å². The third kappa shape index (κ3) is 5.59. The maximum atomic E-state index is 12.5. The van der Waals surface area contributed by atoms with Gasteiger partial charge in [-0.1, -0.05) is 37.5 Å². The lowest BCUT2D eigenvalue weighted by molar-refractivity contribution is -0.122. The van der Waals surface area contributed by atoms with Crippen LogP contribution in [-0.4, -0.2) is 24.0 Å². The van der Waals surface area contributed by atoms with Crippen LogP contribution in [0.15, 0.2) is 48.5 Å². The van der Waals surface area contributed by atoms with E-state index in [0.29, 0.717) is 17.0 Å². The van der Waals surface area contributed by atoms with Gasteiger partial charge in [-0.15, -0.1) is 0 Å². The van der Waals surface area contributed by atoms with Gasteiger partial charge in [0.2, 0.25) is 0 Å². The number of carbonyl (C=O) groups excluding carboxylic acids is 2. The Labute approximate surface area is 166 Å². The number of rotatable bonds is 6. The van der Waals surface area contributed by atoms with E-state index in [9.17, 15) is 9.59 Å². The number of nitrogens with one attached hydrogen (secondary N) is 2. The first-order valence-electron chi connectivity index (χ1n) is 9.96. The third-order valence-electron chi connectivity index (χ3n) is 5.00. The van der Waals surface area contributed by atoms with Gasteiger partial charge in [0.05, 0.1) is 0 Å². The zero-order chi connectivity index (χ0) is 19.9. The molecule has 2 N–H and O–H groups in total. The molecular weight excluding hydrogens is 352 g/mol. The van der Waals surface area contributed by atoms with Crippen LogP contribution in [-0.2, 0) is 4.79 Å². The monoisotopic (exact) mass is 380 g/mol. The quantitative estimate of drug-likeness (QED) is 0.777. The Morgan fingerprint density at radius 3 is 2.54 bits per heavy atom. The Morgan fingerprint density at radius 2 is 1.79 bits per heavy atom. The van der Waals surface area contributed by atoms with E-state index in [-0.39, 0.29) is 17.9 Å². The number of hydrogen-bond acceptors (Lipinski definition) is 3. The summed E-state index contributed by atoms with van der Waals surface area (Å²) in [6, 6.07) is 14.8. The van der Waals surface area contributed by atoms with Gasteiger partial charge < -0.3 is 15.4 Å². The van der Waals surface area contributed by atoms with E-state index in [0.717, 1.165) is 18.4 Å². The summed E-state index contributed by atoms with van der Waals surface area (Å²) in [5.41, 5.74) is 2.21. The smallest absolute Gasteiger partial charge is 0.265 e. The fraction of sp³-hybridized carbons (Fsp3) is 0.391. The molecule has 2 aromatic carbocycles. The molecular formula is C23H28N2O3. The molecule has 1 aliphatic carbocycles. The first-order chi connectivity index (χ1) is 13.5. The van der Waals surface area contributed by atoms with Crippen molar-refractivity contribution in [3.8, 4) is 5.75 Å². The van der Waals surface area contributed by atoms with Gasteiger partial charge in [0.1, 0.15) is 5.75 Å². The largest absolute Gasteiger partial charge is 0.481 e. The highest BCUT2D eigenvalue weighted by atomic mass is 16.5. The second-order valence-corrected chi connectivity index (χ2v) is 7.46. The maximum absolute atomic E-state index is 12.5. The Bertz CT molecular complexity index is 828. The van der Waals surface area contributed by atoms with Crippen LogP contribution in [0.2, 0.25) is 0 Å². The lowest BCUT2D eigenvalue weighted by Crippen LogP contribution is -2.36. The number of benzene rings is 2. The van der Waals surface area contributed by atoms with E-state index in [1.807, 2.05) is 31.2 Å². The number of aryl methyl sites for hydroxylation is 1. The van der Waals surface area contributed by atoms with Crippen molar-refractivity contribution < 1.29 is 14.3 Å². The lowest BCUT2D eigenvalue weighted by Gasteiger charge is -2.22. The minimum absolute atomic E-state index is 0.0907. The second-order valence-electron chi connectivity index (χ2n) is 7.46. The molecule has 0 radical (unpaired) electrons. The van der Waals surface area contributed by atoms with Crippen molar-refractivity contribution >= 4 is 17.5 Å². The molecule has 0 saturated heterocycles. The highest BCUT2D eigenvalue weighted by Crippen LogP contribution is 2.19. The standard InChI is InChI=1S/C23H28N2O3/c1-16-8-6-13-21(14-16)28-17(2)22(26)25-20-12-7-9-18(15-20)23(27)24-19-10-4-3-5-11-19/h6-9,12-15,17,19H,3-5,10-11H2,1-2H3,(H,24,27)(H,25,26). The van der Waals surface area contributed by atoms with Gasteiger partial charge in [0.15, 0.2) is 6.10 Å². The van der Waals surface area contributed by atoms with Crippen molar-refractivity contribution in [1.29, 1.82) is 0 Å². The van der Waals surface area contributed by atoms with E-state index in [4.69, 9.17) is 4.74 Å². The number of amides is 2. The molecule has 2 aromatic rings. The van der Waals surface area contributed by atoms with Gasteiger partial charge in [0, 0.05) is 17.3 Å². The summed E-state index contributed by atoms with van der Waals surface area (Å²) in [5.74, 6) is 0.307. The molecule has 1 saturated carbocycles. The topological polar surface area (TPSA) is 67.4 Å². The average Bonchev–Trinajstić information content (AvgIpc) is 2.69. The number of anilines is 1. The van der Waals surface area contributed by atoms with Crippen molar-refractivity contribution in [2.75, 3.05) is 5.32 Å². The molecule has 28 heavy (non-hydrogen) atoms. The molecule has 1 aliphatic rings. The van der Waals surface area contributed by atoms with Crippen molar-refractivity contribution in [2.45, 2.75) is 58.1 Å². The molecule has 1 unspecified atom stereocenters. The minimum Gasteiger partial charge on any atom is -0.481 e. The summed E-state index contributed by atoms with van der Waals surface area (Å²) in [6.45, 7) is 3.68.